The summed E-state index contributed by atoms with van der Waals surface area (Å²) in [6.45, 7) is 13.2. The van der Waals surface area contributed by atoms with E-state index >= 15 is 0 Å². The molecule has 0 unspecified atom stereocenters. The Kier molecular flexibility index (Phi) is 3.85. The summed E-state index contributed by atoms with van der Waals surface area (Å²) in [7, 11) is -0.403. The van der Waals surface area contributed by atoms with Gasteiger partial charge in [0.05, 0.1) is 27.9 Å². The first kappa shape index (κ1) is 21.7. The molecule has 4 aromatic carbocycles. The van der Waals surface area contributed by atoms with Crippen LogP contribution in [0.1, 0.15) is 52.7 Å². The first-order valence-electron chi connectivity index (χ1n) is 13.3. The molecular weight excluding hydrogens is 453 g/mol. The quantitative estimate of drug-likeness (QED) is 0.228. The maximum Gasteiger partial charge on any atom is 0.494 e. The Morgan fingerprint density at radius 1 is 0.649 bits per heavy atom. The van der Waals surface area contributed by atoms with Crippen molar-refractivity contribution in [1.29, 1.82) is 0 Å². The highest BCUT2D eigenvalue weighted by Gasteiger charge is 2.52. The van der Waals surface area contributed by atoms with Crippen molar-refractivity contribution >= 4 is 34.4 Å². The van der Waals surface area contributed by atoms with Crippen LogP contribution in [0.4, 0.5) is 0 Å². The number of hydrogen-bond donors (Lipinski definition) is 0. The average molecular weight is 483 g/mol. The van der Waals surface area contributed by atoms with Gasteiger partial charge in [0.2, 0.25) is 0 Å². The van der Waals surface area contributed by atoms with Crippen molar-refractivity contribution in [3.8, 4) is 27.9 Å². The lowest BCUT2D eigenvalue weighted by molar-refractivity contribution is 0.00578. The van der Waals surface area contributed by atoms with Gasteiger partial charge in [-0.2, -0.15) is 0 Å². The maximum atomic E-state index is 6.48. The number of para-hydroxylation sites is 1. The Morgan fingerprint density at radius 2 is 1.38 bits per heavy atom. The van der Waals surface area contributed by atoms with E-state index in [1.165, 1.54) is 60.9 Å². The summed E-state index contributed by atoms with van der Waals surface area (Å²) in [4.78, 5) is 0. The van der Waals surface area contributed by atoms with Crippen LogP contribution >= 0.6 is 0 Å². The molecule has 8 rings (SSSR count). The van der Waals surface area contributed by atoms with Crippen LogP contribution in [-0.2, 0) is 14.7 Å². The molecule has 1 saturated heterocycles. The van der Waals surface area contributed by atoms with Gasteiger partial charge in [0.15, 0.2) is 0 Å². The molecule has 182 valence electrons. The topological polar surface area (TPSA) is 23.4 Å². The molecule has 5 aromatic rings. The second-order valence-corrected chi connectivity index (χ2v) is 12.5. The Morgan fingerprint density at radius 3 is 2.16 bits per heavy atom. The third-order valence-electron chi connectivity index (χ3n) is 9.58. The van der Waals surface area contributed by atoms with Gasteiger partial charge in [0, 0.05) is 27.3 Å². The molecule has 0 amide bonds. The van der Waals surface area contributed by atoms with Crippen LogP contribution in [0.25, 0.3) is 49.7 Å². The standard InChI is InChI=1S/C33H30BNO2/c1-31(2)24-12-9-11-22-21-15-14-19(34-36-32(3,4)33(5,6)37-34)18-27(21)35-26-13-8-7-10-20(26)23-16-17-25(31)29(28(22)24)30(23)35/h7-18H,1-6H3. The highest BCUT2D eigenvalue weighted by atomic mass is 16.7. The van der Waals surface area contributed by atoms with Crippen LogP contribution in [0.5, 0.6) is 0 Å². The van der Waals surface area contributed by atoms with Gasteiger partial charge < -0.3 is 13.9 Å². The zero-order valence-corrected chi connectivity index (χ0v) is 22.3. The SMILES string of the molecule is CC1(C)c2cccc3c2-c2c1ccc1c4ccccc4n(c21)-c1cc(B2OC(C)(C)C(C)(C)O2)ccc1-3. The van der Waals surface area contributed by atoms with Crippen molar-refractivity contribution in [2.45, 2.75) is 58.2 Å². The second kappa shape index (κ2) is 6.56. The minimum Gasteiger partial charge on any atom is -0.399 e. The molecule has 0 atom stereocenters. The van der Waals surface area contributed by atoms with Crippen LogP contribution in [0.3, 0.4) is 0 Å². The van der Waals surface area contributed by atoms with E-state index < -0.39 is 7.12 Å². The molecule has 0 saturated carbocycles. The lowest BCUT2D eigenvalue weighted by Crippen LogP contribution is -2.41. The Labute approximate surface area is 218 Å². The van der Waals surface area contributed by atoms with Crippen molar-refractivity contribution < 1.29 is 9.31 Å². The number of aromatic nitrogens is 1. The van der Waals surface area contributed by atoms with Gasteiger partial charge in [-0.25, -0.2) is 0 Å². The first-order chi connectivity index (χ1) is 17.6. The van der Waals surface area contributed by atoms with Crippen LogP contribution in [-0.4, -0.2) is 22.9 Å². The zero-order valence-electron chi connectivity index (χ0n) is 22.3. The van der Waals surface area contributed by atoms with Crippen molar-refractivity contribution in [2.75, 3.05) is 0 Å². The van der Waals surface area contributed by atoms with Gasteiger partial charge in [0.1, 0.15) is 0 Å². The van der Waals surface area contributed by atoms with E-state index in [0.29, 0.717) is 0 Å². The van der Waals surface area contributed by atoms with Gasteiger partial charge in [-0.05, 0) is 67.5 Å². The van der Waals surface area contributed by atoms with Crippen molar-refractivity contribution in [2.24, 2.45) is 0 Å². The van der Waals surface area contributed by atoms with Gasteiger partial charge in [-0.15, -0.1) is 0 Å². The molecule has 0 spiro atoms. The number of nitrogens with zero attached hydrogens (tertiary/aromatic N) is 1. The molecule has 4 heteroatoms. The van der Waals surface area contributed by atoms with Gasteiger partial charge in [-0.3, -0.25) is 0 Å². The Bertz CT molecular complexity index is 1810. The second-order valence-electron chi connectivity index (χ2n) is 12.5. The molecule has 1 fully saturated rings. The van der Waals surface area contributed by atoms with Crippen LogP contribution in [0, 0.1) is 0 Å². The van der Waals surface area contributed by atoms with Crippen molar-refractivity contribution in [3.05, 3.63) is 83.9 Å². The summed E-state index contributed by atoms with van der Waals surface area (Å²) in [5, 5.41) is 2.60. The molecule has 0 radical (unpaired) electrons. The van der Waals surface area contributed by atoms with Crippen LogP contribution < -0.4 is 5.46 Å². The molecule has 0 bridgehead atoms. The fourth-order valence-corrected chi connectivity index (χ4v) is 6.88. The summed E-state index contributed by atoms with van der Waals surface area (Å²) in [5.74, 6) is 0. The van der Waals surface area contributed by atoms with E-state index in [1.807, 2.05) is 0 Å². The minimum absolute atomic E-state index is 0.0453. The Balaban J connectivity index is 1.51. The lowest BCUT2D eigenvalue weighted by atomic mass is 9.77. The van der Waals surface area contributed by atoms with Gasteiger partial charge >= 0.3 is 7.12 Å². The molecular formula is C33H30BNO2. The van der Waals surface area contributed by atoms with E-state index in [0.717, 1.165) is 5.46 Å². The molecule has 1 aromatic heterocycles. The first-order valence-corrected chi connectivity index (χ1v) is 13.3. The molecule has 1 aliphatic carbocycles. The molecule has 3 aliphatic rings. The largest absolute Gasteiger partial charge is 0.494 e. The minimum atomic E-state index is -0.403. The summed E-state index contributed by atoms with van der Waals surface area (Å²) < 4.78 is 15.5. The maximum absolute atomic E-state index is 6.48. The van der Waals surface area contributed by atoms with E-state index in [9.17, 15) is 0 Å². The van der Waals surface area contributed by atoms with E-state index in [4.69, 9.17) is 9.31 Å². The fourth-order valence-electron chi connectivity index (χ4n) is 6.88. The molecule has 3 nitrogen and oxygen atoms in total. The number of benzene rings is 4. The highest BCUT2D eigenvalue weighted by Crippen LogP contribution is 2.57. The third-order valence-corrected chi connectivity index (χ3v) is 9.58. The summed E-state index contributed by atoms with van der Waals surface area (Å²) in [6, 6.07) is 27.1. The van der Waals surface area contributed by atoms with E-state index in [-0.39, 0.29) is 16.6 Å². The van der Waals surface area contributed by atoms with Crippen LogP contribution in [0.15, 0.2) is 72.8 Å². The summed E-state index contributed by atoms with van der Waals surface area (Å²) >= 11 is 0. The monoisotopic (exact) mass is 483 g/mol. The molecule has 2 aliphatic heterocycles. The van der Waals surface area contributed by atoms with Crippen molar-refractivity contribution in [1.82, 2.24) is 4.57 Å². The van der Waals surface area contributed by atoms with Gasteiger partial charge in [0.25, 0.3) is 0 Å². The van der Waals surface area contributed by atoms with Gasteiger partial charge in [-0.1, -0.05) is 74.5 Å². The third kappa shape index (κ3) is 2.51. The summed E-state index contributed by atoms with van der Waals surface area (Å²) in [6.07, 6.45) is 0. The number of rotatable bonds is 1. The number of fused-ring (bicyclic) bond motifs is 6. The van der Waals surface area contributed by atoms with Crippen LogP contribution in [0.2, 0.25) is 0 Å². The molecule has 0 N–H and O–H groups in total. The predicted molar refractivity (Wildman–Crippen MR) is 153 cm³/mol. The number of hydrogen-bond acceptors (Lipinski definition) is 2. The van der Waals surface area contributed by atoms with E-state index in [1.54, 1.807) is 0 Å². The zero-order chi connectivity index (χ0) is 25.5. The van der Waals surface area contributed by atoms with E-state index in [2.05, 4.69) is 119 Å². The lowest BCUT2D eigenvalue weighted by Gasteiger charge is -2.32. The molecule has 3 heterocycles. The highest BCUT2D eigenvalue weighted by molar-refractivity contribution is 6.62. The predicted octanol–water partition coefficient (Wildman–Crippen LogP) is 7.37. The summed E-state index contributed by atoms with van der Waals surface area (Å²) in [5.41, 5.74) is 12.1. The normalized spacial score (nSPS) is 19.5. The average Bonchev–Trinajstić information content (AvgIpc) is 3.36. The van der Waals surface area contributed by atoms with Crippen molar-refractivity contribution in [3.63, 3.8) is 0 Å². The Hall–Kier alpha value is -3.34. The fraction of sp³-hybridized carbons (Fsp3) is 0.273. The molecule has 37 heavy (non-hydrogen) atoms. The smallest absolute Gasteiger partial charge is 0.399 e.